The van der Waals surface area contributed by atoms with Crippen molar-refractivity contribution in [2.24, 2.45) is 0 Å². The predicted molar refractivity (Wildman–Crippen MR) is 170 cm³/mol. The topological polar surface area (TPSA) is 38.5 Å². The number of hydrogen-bond acceptors (Lipinski definition) is 1. The molecule has 4 heteroatoms. The van der Waals surface area contributed by atoms with Crippen LogP contribution in [0.2, 0.25) is 0 Å². The van der Waals surface area contributed by atoms with E-state index in [9.17, 15) is 0 Å². The molecular formula is C37H24N4. The highest BCUT2D eigenvalue weighted by Crippen LogP contribution is 2.37. The summed E-state index contributed by atoms with van der Waals surface area (Å²) in [5.41, 5.74) is 10.2. The number of benzene rings is 6. The van der Waals surface area contributed by atoms with E-state index >= 15 is 0 Å². The zero-order valence-corrected chi connectivity index (χ0v) is 22.1. The Labute approximate surface area is 235 Å². The third-order valence-corrected chi connectivity index (χ3v) is 8.27. The third kappa shape index (κ3) is 3.25. The van der Waals surface area contributed by atoms with Gasteiger partial charge < -0.3 is 4.98 Å². The molecule has 1 N–H and O–H groups in total. The van der Waals surface area contributed by atoms with E-state index in [1.807, 2.05) is 0 Å². The molecule has 0 unspecified atom stereocenters. The Morgan fingerprint density at radius 3 is 1.95 bits per heavy atom. The van der Waals surface area contributed by atoms with Crippen molar-refractivity contribution in [1.82, 2.24) is 19.1 Å². The maximum atomic E-state index is 5.19. The van der Waals surface area contributed by atoms with Crippen LogP contribution < -0.4 is 0 Å². The number of para-hydroxylation sites is 5. The highest BCUT2D eigenvalue weighted by molar-refractivity contribution is 6.12. The standard InChI is InChI=1S/C37H24N4/c1-2-10-26(11-3-1)40-36-17-9-7-15-33(36)39-37(40)41-34-16-8-5-13-28(34)30-23-25(19-21-35(30)41)24-18-20-32-29(22-24)27-12-4-6-14-31(27)38-32/h1-23,38H. The van der Waals surface area contributed by atoms with Crippen molar-refractivity contribution in [3.8, 4) is 22.8 Å². The van der Waals surface area contributed by atoms with Crippen LogP contribution in [-0.4, -0.2) is 19.1 Å². The molecule has 6 aromatic carbocycles. The van der Waals surface area contributed by atoms with Gasteiger partial charge in [-0.25, -0.2) is 4.98 Å². The number of nitrogens with one attached hydrogen (secondary N) is 1. The molecule has 0 bridgehead atoms. The van der Waals surface area contributed by atoms with E-state index in [-0.39, 0.29) is 0 Å². The van der Waals surface area contributed by atoms with Crippen LogP contribution in [0.5, 0.6) is 0 Å². The zero-order valence-electron chi connectivity index (χ0n) is 22.1. The van der Waals surface area contributed by atoms with Crippen molar-refractivity contribution >= 4 is 54.6 Å². The molecule has 9 rings (SSSR count). The maximum Gasteiger partial charge on any atom is 0.220 e. The first kappa shape index (κ1) is 22.2. The molecule has 0 amide bonds. The van der Waals surface area contributed by atoms with Crippen molar-refractivity contribution in [3.05, 3.63) is 140 Å². The number of fused-ring (bicyclic) bond motifs is 7. The SMILES string of the molecule is c1ccc(-n2c(-n3c4ccccc4c4cc(-c5ccc6[nH]c7ccccc7c6c5)ccc43)nc3ccccc32)cc1. The van der Waals surface area contributed by atoms with Gasteiger partial charge >= 0.3 is 0 Å². The number of aromatic nitrogens is 4. The normalized spacial score (nSPS) is 11.9. The molecule has 0 aliphatic rings. The van der Waals surface area contributed by atoms with Crippen LogP contribution in [0.15, 0.2) is 140 Å². The average molecular weight is 525 g/mol. The van der Waals surface area contributed by atoms with Gasteiger partial charge in [-0.05, 0) is 71.8 Å². The number of aromatic amines is 1. The Balaban J connectivity index is 1.31. The fourth-order valence-electron chi connectivity index (χ4n) is 6.39. The highest BCUT2D eigenvalue weighted by Gasteiger charge is 2.20. The predicted octanol–water partition coefficient (Wildman–Crippen LogP) is 9.42. The molecule has 0 atom stereocenters. The molecule has 0 aliphatic carbocycles. The summed E-state index contributed by atoms with van der Waals surface area (Å²) >= 11 is 0. The maximum absolute atomic E-state index is 5.19. The molecule has 0 saturated heterocycles. The lowest BCUT2D eigenvalue weighted by atomic mass is 10.0. The van der Waals surface area contributed by atoms with Crippen LogP contribution in [0.25, 0.3) is 77.4 Å². The number of H-pyrrole nitrogens is 1. The summed E-state index contributed by atoms with van der Waals surface area (Å²) in [5, 5.41) is 4.92. The third-order valence-electron chi connectivity index (χ3n) is 8.27. The second-order valence-corrected chi connectivity index (χ2v) is 10.6. The summed E-state index contributed by atoms with van der Waals surface area (Å²) in [5.74, 6) is 0.886. The molecule has 3 heterocycles. The van der Waals surface area contributed by atoms with Crippen molar-refractivity contribution in [2.45, 2.75) is 0 Å². The van der Waals surface area contributed by atoms with Crippen LogP contribution >= 0.6 is 0 Å². The van der Waals surface area contributed by atoms with Gasteiger partial charge in [-0.3, -0.25) is 9.13 Å². The van der Waals surface area contributed by atoms with E-state index in [2.05, 4.69) is 154 Å². The molecule has 9 aromatic rings. The van der Waals surface area contributed by atoms with Gasteiger partial charge in [-0.1, -0.05) is 78.9 Å². The largest absolute Gasteiger partial charge is 0.355 e. The number of imidazole rings is 1. The molecule has 0 fully saturated rings. The van der Waals surface area contributed by atoms with Crippen molar-refractivity contribution < 1.29 is 0 Å². The average Bonchev–Trinajstić information content (AvgIpc) is 3.70. The fourth-order valence-corrected chi connectivity index (χ4v) is 6.39. The minimum Gasteiger partial charge on any atom is -0.355 e. The minimum absolute atomic E-state index is 0.886. The molecule has 41 heavy (non-hydrogen) atoms. The van der Waals surface area contributed by atoms with Crippen LogP contribution in [0.4, 0.5) is 0 Å². The Hall–Kier alpha value is -5.61. The van der Waals surface area contributed by atoms with Gasteiger partial charge in [0, 0.05) is 38.3 Å². The van der Waals surface area contributed by atoms with Gasteiger partial charge in [-0.2, -0.15) is 0 Å². The summed E-state index contributed by atoms with van der Waals surface area (Å²) in [6.45, 7) is 0. The van der Waals surface area contributed by atoms with Crippen LogP contribution in [0, 0.1) is 0 Å². The second-order valence-electron chi connectivity index (χ2n) is 10.6. The van der Waals surface area contributed by atoms with E-state index in [4.69, 9.17) is 4.98 Å². The first-order chi connectivity index (χ1) is 20.3. The van der Waals surface area contributed by atoms with Gasteiger partial charge in [0.15, 0.2) is 0 Å². The Morgan fingerprint density at radius 1 is 0.439 bits per heavy atom. The number of nitrogens with zero attached hydrogens (tertiary/aromatic N) is 3. The lowest BCUT2D eigenvalue weighted by Gasteiger charge is -2.12. The zero-order chi connectivity index (χ0) is 26.9. The second kappa shape index (κ2) is 8.44. The number of rotatable bonds is 3. The summed E-state index contributed by atoms with van der Waals surface area (Å²) in [6.07, 6.45) is 0. The van der Waals surface area contributed by atoms with Crippen LogP contribution in [0.1, 0.15) is 0 Å². The number of hydrogen-bond donors (Lipinski definition) is 1. The quantitative estimate of drug-likeness (QED) is 0.246. The highest BCUT2D eigenvalue weighted by atomic mass is 15.2. The molecular weight excluding hydrogens is 500 g/mol. The lowest BCUT2D eigenvalue weighted by molar-refractivity contribution is 0.956. The van der Waals surface area contributed by atoms with Crippen LogP contribution in [-0.2, 0) is 0 Å². The minimum atomic E-state index is 0.886. The van der Waals surface area contributed by atoms with E-state index in [1.165, 1.54) is 38.2 Å². The van der Waals surface area contributed by atoms with Crippen molar-refractivity contribution in [2.75, 3.05) is 0 Å². The Morgan fingerprint density at radius 2 is 1.07 bits per heavy atom. The molecule has 192 valence electrons. The summed E-state index contributed by atoms with van der Waals surface area (Å²) < 4.78 is 4.57. The molecule has 0 spiro atoms. The Kier molecular flexibility index (Phi) is 4.58. The van der Waals surface area contributed by atoms with Gasteiger partial charge in [-0.15, -0.1) is 0 Å². The van der Waals surface area contributed by atoms with Gasteiger partial charge in [0.1, 0.15) is 0 Å². The molecule has 0 radical (unpaired) electrons. The monoisotopic (exact) mass is 524 g/mol. The fraction of sp³-hybridized carbons (Fsp3) is 0. The first-order valence-electron chi connectivity index (χ1n) is 13.9. The van der Waals surface area contributed by atoms with Crippen molar-refractivity contribution in [3.63, 3.8) is 0 Å². The lowest BCUT2D eigenvalue weighted by Crippen LogP contribution is -2.05. The van der Waals surface area contributed by atoms with E-state index < -0.39 is 0 Å². The van der Waals surface area contributed by atoms with Gasteiger partial charge in [0.2, 0.25) is 5.95 Å². The van der Waals surface area contributed by atoms with E-state index in [0.29, 0.717) is 0 Å². The van der Waals surface area contributed by atoms with E-state index in [0.717, 1.165) is 39.2 Å². The molecule has 0 saturated carbocycles. The van der Waals surface area contributed by atoms with Gasteiger partial charge in [0.05, 0.1) is 22.1 Å². The van der Waals surface area contributed by atoms with E-state index in [1.54, 1.807) is 0 Å². The molecule has 4 nitrogen and oxygen atoms in total. The Bertz CT molecular complexity index is 2420. The smallest absolute Gasteiger partial charge is 0.220 e. The molecule has 0 aliphatic heterocycles. The van der Waals surface area contributed by atoms with Crippen LogP contribution in [0.3, 0.4) is 0 Å². The summed E-state index contributed by atoms with van der Waals surface area (Å²) in [7, 11) is 0. The summed E-state index contributed by atoms with van der Waals surface area (Å²) in [6, 6.07) is 49.6. The first-order valence-corrected chi connectivity index (χ1v) is 13.9. The van der Waals surface area contributed by atoms with Gasteiger partial charge in [0.25, 0.3) is 0 Å². The molecule has 3 aromatic heterocycles. The summed E-state index contributed by atoms with van der Waals surface area (Å²) in [4.78, 5) is 8.74. The van der Waals surface area contributed by atoms with Crippen molar-refractivity contribution in [1.29, 1.82) is 0 Å².